The molecule has 0 spiro atoms. The first-order chi connectivity index (χ1) is 14.2. The molecule has 0 bridgehead atoms. The molecule has 0 radical (unpaired) electrons. The van der Waals surface area contributed by atoms with E-state index in [1.54, 1.807) is 26.4 Å². The Bertz CT molecular complexity index is 1030. The summed E-state index contributed by atoms with van der Waals surface area (Å²) in [6, 6.07) is 11.2. The summed E-state index contributed by atoms with van der Waals surface area (Å²) in [6.07, 6.45) is 1.44. The summed E-state index contributed by atoms with van der Waals surface area (Å²) in [5.74, 6) is 3.77. The molecule has 1 aliphatic rings. The van der Waals surface area contributed by atoms with Crippen LogP contribution in [-0.2, 0) is 6.54 Å². The summed E-state index contributed by atoms with van der Waals surface area (Å²) in [5.41, 5.74) is 8.36. The number of benzene rings is 2. The van der Waals surface area contributed by atoms with E-state index in [0.717, 1.165) is 17.1 Å². The molecule has 4 rings (SSSR count). The highest BCUT2D eigenvalue weighted by Crippen LogP contribution is 2.35. The van der Waals surface area contributed by atoms with Gasteiger partial charge in [0.25, 0.3) is 0 Å². The lowest BCUT2D eigenvalue weighted by molar-refractivity contribution is 0.174. The zero-order valence-corrected chi connectivity index (χ0v) is 16.1. The molecule has 4 N–H and O–H groups in total. The van der Waals surface area contributed by atoms with Crippen LogP contribution in [0.1, 0.15) is 5.56 Å². The van der Waals surface area contributed by atoms with Gasteiger partial charge in [0.15, 0.2) is 23.1 Å². The van der Waals surface area contributed by atoms with Crippen LogP contribution >= 0.6 is 0 Å². The lowest BCUT2D eigenvalue weighted by atomic mass is 10.2. The molecule has 0 atom stereocenters. The van der Waals surface area contributed by atoms with E-state index in [9.17, 15) is 0 Å². The number of methoxy groups -OCH3 is 2. The Morgan fingerprint density at radius 3 is 2.66 bits per heavy atom. The fraction of sp³-hybridized carbons (Fsp3) is 0.200. The average Bonchev–Trinajstić information content (AvgIpc) is 3.22. The highest BCUT2D eigenvalue weighted by atomic mass is 16.7. The van der Waals surface area contributed by atoms with Gasteiger partial charge < -0.3 is 35.3 Å². The molecule has 0 amide bonds. The number of nitrogens with two attached hydrogens (primary N) is 1. The summed E-state index contributed by atoms with van der Waals surface area (Å²) in [6.45, 7) is 0.758. The predicted molar refractivity (Wildman–Crippen MR) is 109 cm³/mol. The van der Waals surface area contributed by atoms with Gasteiger partial charge in [-0.2, -0.15) is 0 Å². The number of nitrogens with zero attached hydrogens (tertiary/aromatic N) is 2. The molecule has 2 aromatic carbocycles. The first-order valence-electron chi connectivity index (χ1n) is 8.90. The molecule has 2 heterocycles. The quantitative estimate of drug-likeness (QED) is 0.555. The van der Waals surface area contributed by atoms with E-state index in [0.29, 0.717) is 41.1 Å². The van der Waals surface area contributed by atoms with E-state index in [1.165, 1.54) is 6.33 Å². The molecule has 9 nitrogen and oxygen atoms in total. The number of nitrogen functional groups attached to an aromatic ring is 1. The molecule has 0 saturated heterocycles. The van der Waals surface area contributed by atoms with E-state index >= 15 is 0 Å². The number of anilines is 4. The summed E-state index contributed by atoms with van der Waals surface area (Å²) in [7, 11) is 3.19. The minimum atomic E-state index is 0.244. The zero-order valence-electron chi connectivity index (χ0n) is 16.1. The second kappa shape index (κ2) is 8.01. The number of fused-ring (bicyclic) bond motifs is 1. The van der Waals surface area contributed by atoms with Crippen molar-refractivity contribution < 1.29 is 18.9 Å². The first-order valence-corrected chi connectivity index (χ1v) is 8.90. The van der Waals surface area contributed by atoms with Gasteiger partial charge >= 0.3 is 0 Å². The number of rotatable bonds is 7. The van der Waals surface area contributed by atoms with Crippen LogP contribution in [0.2, 0.25) is 0 Å². The molecule has 1 aromatic heterocycles. The molecule has 0 fully saturated rings. The Balaban J connectivity index is 1.52. The molecule has 0 saturated carbocycles. The maximum Gasteiger partial charge on any atom is 0.231 e. The van der Waals surface area contributed by atoms with E-state index < -0.39 is 0 Å². The Labute approximate surface area is 167 Å². The number of hydrogen-bond donors (Lipinski definition) is 3. The third kappa shape index (κ3) is 3.88. The van der Waals surface area contributed by atoms with Crippen molar-refractivity contribution in [2.45, 2.75) is 6.54 Å². The molecule has 1 aliphatic heterocycles. The first kappa shape index (κ1) is 18.5. The van der Waals surface area contributed by atoms with Gasteiger partial charge in [-0.15, -0.1) is 0 Å². The standard InChI is InChI=1S/C20H21N5O4/c1-26-13-4-6-15(27-2)14(8-13)25-20-18(21)19(23-10-24-20)22-9-12-3-5-16-17(7-12)29-11-28-16/h3-8,10H,9,11,21H2,1-2H3,(H2,22,23,24,25). The van der Waals surface area contributed by atoms with Gasteiger partial charge in [0.05, 0.1) is 19.9 Å². The Kier molecular flexibility index (Phi) is 5.10. The van der Waals surface area contributed by atoms with Gasteiger partial charge in [-0.3, -0.25) is 0 Å². The molecule has 3 aromatic rings. The SMILES string of the molecule is COc1ccc(OC)c(Nc2ncnc(NCc3ccc4c(c3)OCO4)c2N)c1. The normalized spacial score (nSPS) is 11.8. The van der Waals surface area contributed by atoms with Gasteiger partial charge in [-0.05, 0) is 29.8 Å². The summed E-state index contributed by atoms with van der Waals surface area (Å²) in [5, 5.41) is 6.41. The van der Waals surface area contributed by atoms with E-state index in [1.807, 2.05) is 24.3 Å². The van der Waals surface area contributed by atoms with Crippen molar-refractivity contribution in [2.75, 3.05) is 37.4 Å². The highest BCUT2D eigenvalue weighted by molar-refractivity contribution is 5.79. The van der Waals surface area contributed by atoms with Crippen LogP contribution in [0.3, 0.4) is 0 Å². The molecule has 9 heteroatoms. The second-order valence-electron chi connectivity index (χ2n) is 6.22. The van der Waals surface area contributed by atoms with Crippen LogP contribution in [0.5, 0.6) is 23.0 Å². The smallest absolute Gasteiger partial charge is 0.231 e. The van der Waals surface area contributed by atoms with E-state index in [-0.39, 0.29) is 6.79 Å². The Hall–Kier alpha value is -3.88. The second-order valence-corrected chi connectivity index (χ2v) is 6.22. The molecular weight excluding hydrogens is 374 g/mol. The van der Waals surface area contributed by atoms with Gasteiger partial charge in [0, 0.05) is 12.6 Å². The lowest BCUT2D eigenvalue weighted by Gasteiger charge is -2.15. The fourth-order valence-corrected chi connectivity index (χ4v) is 2.91. The predicted octanol–water partition coefficient (Wildman–Crippen LogP) is 3.16. The molecular formula is C20H21N5O4. The van der Waals surface area contributed by atoms with Gasteiger partial charge in [-0.1, -0.05) is 6.07 Å². The maximum absolute atomic E-state index is 6.28. The number of aromatic nitrogens is 2. The monoisotopic (exact) mass is 395 g/mol. The van der Waals surface area contributed by atoms with Gasteiger partial charge in [-0.25, -0.2) is 9.97 Å². The van der Waals surface area contributed by atoms with Gasteiger partial charge in [0.1, 0.15) is 23.5 Å². The minimum absolute atomic E-state index is 0.244. The van der Waals surface area contributed by atoms with Gasteiger partial charge in [0.2, 0.25) is 6.79 Å². The van der Waals surface area contributed by atoms with Crippen LogP contribution in [0, 0.1) is 0 Å². The average molecular weight is 395 g/mol. The molecule has 0 aliphatic carbocycles. The number of nitrogens with one attached hydrogen (secondary N) is 2. The van der Waals surface area contributed by atoms with Crippen molar-refractivity contribution in [3.8, 4) is 23.0 Å². The third-order valence-corrected chi connectivity index (χ3v) is 4.44. The maximum atomic E-state index is 6.28. The van der Waals surface area contributed by atoms with Crippen molar-refractivity contribution in [1.29, 1.82) is 0 Å². The topological polar surface area (TPSA) is 113 Å². The highest BCUT2D eigenvalue weighted by Gasteiger charge is 2.14. The number of ether oxygens (including phenoxy) is 4. The Morgan fingerprint density at radius 2 is 1.83 bits per heavy atom. The van der Waals surface area contributed by atoms with Crippen LogP contribution < -0.4 is 35.3 Å². The molecule has 150 valence electrons. The minimum Gasteiger partial charge on any atom is -0.497 e. The van der Waals surface area contributed by atoms with Crippen molar-refractivity contribution in [2.24, 2.45) is 0 Å². The number of hydrogen-bond acceptors (Lipinski definition) is 9. The van der Waals surface area contributed by atoms with E-state index in [2.05, 4.69) is 20.6 Å². The van der Waals surface area contributed by atoms with Crippen LogP contribution in [-0.4, -0.2) is 31.0 Å². The van der Waals surface area contributed by atoms with Crippen LogP contribution in [0.15, 0.2) is 42.7 Å². The van der Waals surface area contributed by atoms with Crippen LogP contribution in [0.25, 0.3) is 0 Å². The fourth-order valence-electron chi connectivity index (χ4n) is 2.91. The van der Waals surface area contributed by atoms with E-state index in [4.69, 9.17) is 24.7 Å². The van der Waals surface area contributed by atoms with Crippen molar-refractivity contribution in [1.82, 2.24) is 9.97 Å². The Morgan fingerprint density at radius 1 is 1.00 bits per heavy atom. The molecule has 29 heavy (non-hydrogen) atoms. The van der Waals surface area contributed by atoms with Crippen molar-refractivity contribution in [3.05, 3.63) is 48.3 Å². The van der Waals surface area contributed by atoms with Crippen molar-refractivity contribution in [3.63, 3.8) is 0 Å². The van der Waals surface area contributed by atoms with Crippen molar-refractivity contribution >= 4 is 23.0 Å². The summed E-state index contributed by atoms with van der Waals surface area (Å²) < 4.78 is 21.4. The largest absolute Gasteiger partial charge is 0.497 e. The lowest BCUT2D eigenvalue weighted by Crippen LogP contribution is -2.08. The third-order valence-electron chi connectivity index (χ3n) is 4.44. The zero-order chi connectivity index (χ0) is 20.2. The molecule has 0 unspecified atom stereocenters. The van der Waals surface area contributed by atoms with Crippen LogP contribution in [0.4, 0.5) is 23.0 Å². The summed E-state index contributed by atoms with van der Waals surface area (Å²) >= 11 is 0. The summed E-state index contributed by atoms with van der Waals surface area (Å²) in [4.78, 5) is 8.49.